The lowest BCUT2D eigenvalue weighted by atomic mass is 10.1. The molecule has 0 saturated heterocycles. The van der Waals surface area contributed by atoms with Crippen LogP contribution < -0.4 is 5.32 Å². The van der Waals surface area contributed by atoms with Crippen molar-refractivity contribution < 1.29 is 4.79 Å². The first-order valence-electron chi connectivity index (χ1n) is 8.35. The number of carbonyl (C=O) groups is 1. The Bertz CT molecular complexity index is 1070. The van der Waals surface area contributed by atoms with Crippen LogP contribution in [0.3, 0.4) is 0 Å². The van der Waals surface area contributed by atoms with Crippen LogP contribution in [-0.4, -0.2) is 37.2 Å². The van der Waals surface area contributed by atoms with Crippen molar-refractivity contribution in [3.8, 4) is 0 Å². The summed E-state index contributed by atoms with van der Waals surface area (Å²) in [4.78, 5) is 16.3. The predicted molar refractivity (Wildman–Crippen MR) is 95.0 cm³/mol. The number of carbonyl (C=O) groups excluding carboxylic acids is 1. The Labute approximate surface area is 147 Å². The predicted octanol–water partition coefficient (Wildman–Crippen LogP) is 2.52. The maximum Gasteiger partial charge on any atom is 0.282 e. The molecule has 1 amide bonds. The highest BCUT2D eigenvalue weighted by molar-refractivity contribution is 7.18. The topological polar surface area (TPSA) is 88.0 Å². The molecule has 0 bridgehead atoms. The lowest BCUT2D eigenvalue weighted by molar-refractivity contribution is 0.0952. The number of aromatic amines is 1. The van der Waals surface area contributed by atoms with Crippen molar-refractivity contribution in [1.29, 1.82) is 0 Å². The van der Waals surface area contributed by atoms with Gasteiger partial charge in [-0.25, -0.2) is 0 Å². The van der Waals surface area contributed by atoms with E-state index in [1.165, 1.54) is 22.3 Å². The van der Waals surface area contributed by atoms with Gasteiger partial charge < -0.3 is 10.3 Å². The molecule has 0 aliphatic heterocycles. The highest BCUT2D eigenvalue weighted by atomic mass is 32.1. The number of para-hydroxylation sites is 1. The zero-order chi connectivity index (χ0) is 16.8. The molecule has 0 atom stereocenters. The quantitative estimate of drug-likeness (QED) is 0.578. The van der Waals surface area contributed by atoms with Crippen LogP contribution in [0.25, 0.3) is 15.9 Å². The van der Waals surface area contributed by atoms with Crippen LogP contribution in [0.15, 0.2) is 30.5 Å². The standard InChI is InChI=1S/C17H16N6OS/c24-15(16-22-23-14(10-5-6-10)20-21-17(23)25-16)18-8-7-11-9-19-13-4-2-1-3-12(11)13/h1-4,9-10,19H,5-8H2,(H,18,24). The van der Waals surface area contributed by atoms with Crippen molar-refractivity contribution in [3.05, 3.63) is 46.9 Å². The fraction of sp³-hybridized carbons (Fsp3) is 0.294. The molecule has 0 unspecified atom stereocenters. The smallest absolute Gasteiger partial charge is 0.282 e. The normalized spacial score (nSPS) is 14.4. The molecule has 5 rings (SSSR count). The molecule has 7 nitrogen and oxygen atoms in total. The van der Waals surface area contributed by atoms with Crippen LogP contribution in [-0.2, 0) is 6.42 Å². The zero-order valence-corrected chi connectivity index (χ0v) is 14.2. The second-order valence-electron chi connectivity index (χ2n) is 6.30. The van der Waals surface area contributed by atoms with Crippen molar-refractivity contribution in [1.82, 2.24) is 30.1 Å². The SMILES string of the molecule is O=C(NCCc1c[nH]c2ccccc12)c1nn2c(C3CC3)nnc2s1. The van der Waals surface area contributed by atoms with E-state index in [9.17, 15) is 4.79 Å². The minimum Gasteiger partial charge on any atom is -0.361 e. The lowest BCUT2D eigenvalue weighted by Gasteiger charge is -2.02. The summed E-state index contributed by atoms with van der Waals surface area (Å²) in [7, 11) is 0. The summed E-state index contributed by atoms with van der Waals surface area (Å²) in [6.07, 6.45) is 5.03. The van der Waals surface area contributed by atoms with E-state index in [2.05, 4.69) is 31.7 Å². The van der Waals surface area contributed by atoms with Crippen LogP contribution in [0.5, 0.6) is 0 Å². The number of fused-ring (bicyclic) bond motifs is 2. The first-order valence-corrected chi connectivity index (χ1v) is 9.16. The van der Waals surface area contributed by atoms with E-state index >= 15 is 0 Å². The number of hydrogen-bond donors (Lipinski definition) is 2. The molecule has 1 aromatic carbocycles. The van der Waals surface area contributed by atoms with E-state index < -0.39 is 0 Å². The summed E-state index contributed by atoms with van der Waals surface area (Å²) in [5.74, 6) is 1.18. The Hall–Kier alpha value is -2.74. The second-order valence-corrected chi connectivity index (χ2v) is 7.26. The summed E-state index contributed by atoms with van der Waals surface area (Å²) in [6.45, 7) is 0.566. The Morgan fingerprint density at radius 2 is 2.20 bits per heavy atom. The molecular formula is C17H16N6OS. The van der Waals surface area contributed by atoms with Crippen molar-refractivity contribution >= 4 is 33.1 Å². The molecule has 0 spiro atoms. The first kappa shape index (κ1) is 14.6. The number of aromatic nitrogens is 5. The Morgan fingerprint density at radius 1 is 1.32 bits per heavy atom. The number of nitrogens with one attached hydrogen (secondary N) is 2. The number of hydrogen-bond acceptors (Lipinski definition) is 5. The molecule has 8 heteroatoms. The number of nitrogens with zero attached hydrogens (tertiary/aromatic N) is 4. The third-order valence-electron chi connectivity index (χ3n) is 4.51. The molecule has 4 aromatic rings. The number of rotatable bonds is 5. The van der Waals surface area contributed by atoms with Crippen molar-refractivity contribution in [2.75, 3.05) is 6.54 Å². The van der Waals surface area contributed by atoms with Gasteiger partial charge in [-0.3, -0.25) is 4.79 Å². The van der Waals surface area contributed by atoms with Gasteiger partial charge in [-0.1, -0.05) is 29.5 Å². The molecule has 1 aliphatic carbocycles. The van der Waals surface area contributed by atoms with Crippen LogP contribution in [0.1, 0.15) is 39.9 Å². The molecule has 0 radical (unpaired) electrons. The molecule has 3 aromatic heterocycles. The van der Waals surface area contributed by atoms with E-state index in [4.69, 9.17) is 0 Å². The molecule has 126 valence electrons. The monoisotopic (exact) mass is 352 g/mol. The average molecular weight is 352 g/mol. The van der Waals surface area contributed by atoms with Crippen LogP contribution >= 0.6 is 11.3 Å². The summed E-state index contributed by atoms with van der Waals surface area (Å²) < 4.78 is 1.72. The van der Waals surface area contributed by atoms with Gasteiger partial charge in [0.1, 0.15) is 0 Å². The largest absolute Gasteiger partial charge is 0.361 e. The third-order valence-corrected chi connectivity index (χ3v) is 5.40. The first-order chi connectivity index (χ1) is 12.3. The molecule has 1 aliphatic rings. The second kappa shape index (κ2) is 5.66. The summed E-state index contributed by atoms with van der Waals surface area (Å²) in [6, 6.07) is 8.17. The van der Waals surface area contributed by atoms with E-state index in [1.54, 1.807) is 4.52 Å². The van der Waals surface area contributed by atoms with Crippen molar-refractivity contribution in [2.24, 2.45) is 0 Å². The molecular weight excluding hydrogens is 336 g/mol. The van der Waals surface area contributed by atoms with E-state index in [0.717, 1.165) is 30.6 Å². The van der Waals surface area contributed by atoms with Gasteiger partial charge in [-0.2, -0.15) is 4.52 Å². The zero-order valence-electron chi connectivity index (χ0n) is 13.4. The van der Waals surface area contributed by atoms with Gasteiger partial charge in [0, 0.05) is 29.6 Å². The number of H-pyrrole nitrogens is 1. The average Bonchev–Trinajstić information content (AvgIpc) is 3.07. The maximum atomic E-state index is 12.4. The molecule has 25 heavy (non-hydrogen) atoms. The van der Waals surface area contributed by atoms with Gasteiger partial charge in [0.15, 0.2) is 5.82 Å². The van der Waals surface area contributed by atoms with Gasteiger partial charge in [0.05, 0.1) is 0 Å². The fourth-order valence-electron chi connectivity index (χ4n) is 3.04. The van der Waals surface area contributed by atoms with Crippen LogP contribution in [0.4, 0.5) is 0 Å². The van der Waals surface area contributed by atoms with Crippen molar-refractivity contribution in [3.63, 3.8) is 0 Å². The summed E-state index contributed by atoms with van der Waals surface area (Å²) in [5, 5.41) is 17.3. The minimum atomic E-state index is -0.155. The highest BCUT2D eigenvalue weighted by Gasteiger charge is 2.30. The lowest BCUT2D eigenvalue weighted by Crippen LogP contribution is -2.25. The Balaban J connectivity index is 1.27. The van der Waals surface area contributed by atoms with Crippen LogP contribution in [0.2, 0.25) is 0 Å². The van der Waals surface area contributed by atoms with Gasteiger partial charge in [0.2, 0.25) is 9.97 Å². The number of benzene rings is 1. The molecule has 3 heterocycles. The Kier molecular flexibility index (Phi) is 3.30. The maximum absolute atomic E-state index is 12.4. The minimum absolute atomic E-state index is 0.155. The van der Waals surface area contributed by atoms with E-state index in [1.807, 2.05) is 24.4 Å². The van der Waals surface area contributed by atoms with Gasteiger partial charge in [0.25, 0.3) is 5.91 Å². The van der Waals surface area contributed by atoms with E-state index in [0.29, 0.717) is 22.4 Å². The Morgan fingerprint density at radius 3 is 3.08 bits per heavy atom. The highest BCUT2D eigenvalue weighted by Crippen LogP contribution is 2.39. The van der Waals surface area contributed by atoms with E-state index in [-0.39, 0.29) is 5.91 Å². The molecule has 1 saturated carbocycles. The molecule has 1 fully saturated rings. The van der Waals surface area contributed by atoms with Crippen molar-refractivity contribution in [2.45, 2.75) is 25.2 Å². The van der Waals surface area contributed by atoms with Gasteiger partial charge in [-0.05, 0) is 30.9 Å². The van der Waals surface area contributed by atoms with Crippen LogP contribution in [0, 0.1) is 0 Å². The fourth-order valence-corrected chi connectivity index (χ4v) is 3.81. The third kappa shape index (κ3) is 2.58. The summed E-state index contributed by atoms with van der Waals surface area (Å²) in [5.41, 5.74) is 2.31. The molecule has 2 N–H and O–H groups in total. The number of amides is 1. The van der Waals surface area contributed by atoms with Gasteiger partial charge in [-0.15, -0.1) is 15.3 Å². The van der Waals surface area contributed by atoms with Gasteiger partial charge >= 0.3 is 0 Å². The summed E-state index contributed by atoms with van der Waals surface area (Å²) >= 11 is 1.28.